The van der Waals surface area contributed by atoms with Crippen LogP contribution < -0.4 is 4.80 Å². The lowest BCUT2D eigenvalue weighted by Gasteiger charge is -2.12. The fourth-order valence-corrected chi connectivity index (χ4v) is 3.67. The molecule has 8 heteroatoms. The molecule has 128 valence electrons. The molecule has 25 heavy (non-hydrogen) atoms. The van der Waals surface area contributed by atoms with Gasteiger partial charge in [0.1, 0.15) is 0 Å². The van der Waals surface area contributed by atoms with E-state index in [0.717, 1.165) is 4.70 Å². The number of aliphatic carboxylic acids is 1. The van der Waals surface area contributed by atoms with E-state index in [4.69, 9.17) is 11.6 Å². The van der Waals surface area contributed by atoms with Crippen molar-refractivity contribution in [2.24, 2.45) is 4.99 Å². The molecule has 3 rings (SSSR count). The normalized spacial score (nSPS) is 13.1. The van der Waals surface area contributed by atoms with E-state index in [1.54, 1.807) is 42.5 Å². The number of aliphatic hydroxyl groups excluding tert-OH is 1. The number of carboxylic acids is 1. The Kier molecular flexibility index (Phi) is 4.98. The second-order valence-corrected chi connectivity index (χ2v) is 6.63. The highest BCUT2D eigenvalue weighted by Gasteiger charge is 2.23. The molecule has 0 aliphatic carbocycles. The smallest absolute Gasteiger partial charge is 0.329 e. The third-order valence-electron chi connectivity index (χ3n) is 3.57. The van der Waals surface area contributed by atoms with Crippen LogP contribution in [0.2, 0.25) is 5.02 Å². The van der Waals surface area contributed by atoms with Crippen molar-refractivity contribution in [3.8, 4) is 0 Å². The van der Waals surface area contributed by atoms with Gasteiger partial charge in [0.15, 0.2) is 10.8 Å². The topological polar surface area (TPSA) is 91.9 Å². The van der Waals surface area contributed by atoms with Crippen LogP contribution in [0.5, 0.6) is 0 Å². The summed E-state index contributed by atoms with van der Waals surface area (Å²) in [7, 11) is 0. The summed E-state index contributed by atoms with van der Waals surface area (Å²) in [6, 6.07) is 12.2. The maximum absolute atomic E-state index is 12.4. The first-order valence-electron chi connectivity index (χ1n) is 7.29. The molecule has 1 atom stereocenters. The zero-order valence-electron chi connectivity index (χ0n) is 12.8. The molecule has 0 saturated heterocycles. The molecule has 0 aliphatic rings. The largest absolute Gasteiger partial charge is 0.480 e. The highest BCUT2D eigenvalue weighted by atomic mass is 35.5. The number of carbonyl (C=O) groups is 2. The van der Waals surface area contributed by atoms with Gasteiger partial charge in [0.25, 0.3) is 5.91 Å². The Balaban J connectivity index is 2.21. The van der Waals surface area contributed by atoms with E-state index in [0.29, 0.717) is 16.1 Å². The number of nitrogens with zero attached hydrogens (tertiary/aromatic N) is 2. The lowest BCUT2D eigenvalue weighted by atomic mass is 10.2. The van der Waals surface area contributed by atoms with Crippen LogP contribution in [0.25, 0.3) is 10.2 Å². The number of hydrogen-bond acceptors (Lipinski definition) is 4. The Hall–Kier alpha value is -2.48. The number of aliphatic hydroxyl groups is 1. The maximum atomic E-state index is 12.4. The summed E-state index contributed by atoms with van der Waals surface area (Å²) in [5.41, 5.74) is 0.888. The van der Waals surface area contributed by atoms with Gasteiger partial charge in [-0.05, 0) is 30.3 Å². The molecule has 1 heterocycles. The molecule has 0 aliphatic heterocycles. The summed E-state index contributed by atoms with van der Waals surface area (Å²) >= 11 is 7.07. The molecule has 1 amide bonds. The Morgan fingerprint density at radius 3 is 2.64 bits per heavy atom. The van der Waals surface area contributed by atoms with Crippen LogP contribution >= 0.6 is 22.9 Å². The van der Waals surface area contributed by atoms with Gasteiger partial charge in [0.2, 0.25) is 0 Å². The molecule has 2 aromatic carbocycles. The van der Waals surface area contributed by atoms with Crippen LogP contribution in [-0.4, -0.2) is 33.3 Å². The third kappa shape index (κ3) is 3.48. The van der Waals surface area contributed by atoms with Gasteiger partial charge in [-0.2, -0.15) is 4.99 Å². The van der Waals surface area contributed by atoms with Crippen molar-refractivity contribution in [2.45, 2.75) is 6.04 Å². The number of para-hydroxylation sites is 1. The average Bonchev–Trinajstić information content (AvgIpc) is 2.93. The molecule has 0 spiro atoms. The van der Waals surface area contributed by atoms with Gasteiger partial charge >= 0.3 is 5.97 Å². The SMILES string of the molecule is O=C(N=c1sc2ccccc2n1C(CO)C(=O)O)c1cccc(Cl)c1. The molecule has 6 nitrogen and oxygen atoms in total. The predicted octanol–water partition coefficient (Wildman–Crippen LogP) is 2.72. The molecular formula is C17H13ClN2O4S. The second kappa shape index (κ2) is 7.18. The lowest BCUT2D eigenvalue weighted by Crippen LogP contribution is -2.30. The first kappa shape index (κ1) is 17.3. The van der Waals surface area contributed by atoms with Gasteiger partial charge in [-0.25, -0.2) is 4.79 Å². The summed E-state index contributed by atoms with van der Waals surface area (Å²) < 4.78 is 2.13. The van der Waals surface area contributed by atoms with Crippen LogP contribution in [0, 0.1) is 0 Å². The zero-order chi connectivity index (χ0) is 18.0. The molecule has 1 unspecified atom stereocenters. The fourth-order valence-electron chi connectivity index (χ4n) is 2.41. The van der Waals surface area contributed by atoms with Gasteiger partial charge < -0.3 is 10.2 Å². The number of aromatic nitrogens is 1. The van der Waals surface area contributed by atoms with E-state index in [2.05, 4.69) is 4.99 Å². The number of halogens is 1. The first-order valence-corrected chi connectivity index (χ1v) is 8.49. The van der Waals surface area contributed by atoms with E-state index >= 15 is 0 Å². The van der Waals surface area contributed by atoms with E-state index in [1.807, 2.05) is 0 Å². The average molecular weight is 377 g/mol. The maximum Gasteiger partial charge on any atom is 0.329 e. The minimum atomic E-state index is -1.23. The van der Waals surface area contributed by atoms with Crippen molar-refractivity contribution in [2.75, 3.05) is 6.61 Å². The summed E-state index contributed by atoms with van der Waals surface area (Å²) in [5, 5.41) is 19.3. The summed E-state index contributed by atoms with van der Waals surface area (Å²) in [4.78, 5) is 28.2. The Morgan fingerprint density at radius 2 is 1.96 bits per heavy atom. The van der Waals surface area contributed by atoms with Crippen LogP contribution in [0.4, 0.5) is 0 Å². The van der Waals surface area contributed by atoms with Crippen LogP contribution in [0.3, 0.4) is 0 Å². The molecule has 3 aromatic rings. The van der Waals surface area contributed by atoms with E-state index in [1.165, 1.54) is 22.0 Å². The number of fused-ring (bicyclic) bond motifs is 1. The number of thiazole rings is 1. The number of rotatable bonds is 4. The van der Waals surface area contributed by atoms with E-state index in [-0.39, 0.29) is 4.80 Å². The Bertz CT molecular complexity index is 1020. The van der Waals surface area contributed by atoms with Crippen LogP contribution in [-0.2, 0) is 4.79 Å². The first-order chi connectivity index (χ1) is 12.0. The zero-order valence-corrected chi connectivity index (χ0v) is 14.4. The molecule has 0 fully saturated rings. The van der Waals surface area contributed by atoms with Crippen molar-refractivity contribution in [3.63, 3.8) is 0 Å². The van der Waals surface area contributed by atoms with Crippen molar-refractivity contribution < 1.29 is 19.8 Å². The Labute approximate surface area is 151 Å². The number of carboxylic acid groups (broad SMARTS) is 1. The fraction of sp³-hybridized carbons (Fsp3) is 0.118. The minimum absolute atomic E-state index is 0.202. The lowest BCUT2D eigenvalue weighted by molar-refractivity contribution is -0.142. The monoisotopic (exact) mass is 376 g/mol. The van der Waals surface area contributed by atoms with Crippen LogP contribution in [0.15, 0.2) is 53.5 Å². The Morgan fingerprint density at radius 1 is 1.20 bits per heavy atom. The van der Waals surface area contributed by atoms with Crippen molar-refractivity contribution in [1.82, 2.24) is 4.57 Å². The summed E-state index contributed by atoms with van der Waals surface area (Å²) in [6.45, 7) is -0.616. The quantitative estimate of drug-likeness (QED) is 0.732. The minimum Gasteiger partial charge on any atom is -0.480 e. The van der Waals surface area contributed by atoms with Crippen molar-refractivity contribution in [1.29, 1.82) is 0 Å². The van der Waals surface area contributed by atoms with Gasteiger partial charge in [-0.3, -0.25) is 9.36 Å². The molecule has 2 N–H and O–H groups in total. The van der Waals surface area contributed by atoms with Crippen LogP contribution in [0.1, 0.15) is 16.4 Å². The van der Waals surface area contributed by atoms with Crippen molar-refractivity contribution in [3.05, 3.63) is 63.9 Å². The summed E-state index contributed by atoms with van der Waals surface area (Å²) in [5.74, 6) is -1.74. The highest BCUT2D eigenvalue weighted by Crippen LogP contribution is 2.21. The molecular weight excluding hydrogens is 364 g/mol. The van der Waals surface area contributed by atoms with Gasteiger partial charge in [-0.1, -0.05) is 41.1 Å². The molecule has 0 radical (unpaired) electrons. The standard InChI is InChI=1S/C17H13ClN2O4S/c18-11-5-3-4-10(8-11)15(22)19-17-20(13(9-21)16(23)24)12-6-1-2-7-14(12)25-17/h1-8,13,21H,9H2,(H,23,24). The predicted molar refractivity (Wildman–Crippen MR) is 94.9 cm³/mol. The molecule has 0 bridgehead atoms. The van der Waals surface area contributed by atoms with E-state index in [9.17, 15) is 19.8 Å². The number of hydrogen-bond donors (Lipinski definition) is 2. The molecule has 0 saturated carbocycles. The van der Waals surface area contributed by atoms with E-state index < -0.39 is 24.5 Å². The third-order valence-corrected chi connectivity index (χ3v) is 4.84. The van der Waals surface area contributed by atoms with Gasteiger partial charge in [0.05, 0.1) is 16.8 Å². The number of carbonyl (C=O) groups excluding carboxylic acids is 1. The highest BCUT2D eigenvalue weighted by molar-refractivity contribution is 7.16. The number of benzene rings is 2. The number of amides is 1. The second-order valence-electron chi connectivity index (χ2n) is 5.19. The van der Waals surface area contributed by atoms with Gasteiger partial charge in [0, 0.05) is 10.6 Å². The summed E-state index contributed by atoms with van der Waals surface area (Å²) in [6.07, 6.45) is 0. The van der Waals surface area contributed by atoms with Gasteiger partial charge in [-0.15, -0.1) is 0 Å². The molecule has 1 aromatic heterocycles. The van der Waals surface area contributed by atoms with Crippen molar-refractivity contribution >= 4 is 45.0 Å².